The van der Waals surface area contributed by atoms with Crippen LogP contribution in [0.4, 0.5) is 0 Å². The molecule has 1 aromatic heterocycles. The molecule has 0 aliphatic carbocycles. The van der Waals surface area contributed by atoms with Crippen LogP contribution in [-0.4, -0.2) is 52.1 Å². The normalized spacial score (nSPS) is 16.8. The molecule has 1 fully saturated rings. The van der Waals surface area contributed by atoms with E-state index >= 15 is 0 Å². The number of benzene rings is 2. The number of carbonyl (C=O) groups is 3. The summed E-state index contributed by atoms with van der Waals surface area (Å²) in [5, 5.41) is 1.15. The molecule has 1 saturated heterocycles. The molecule has 3 amide bonds. The lowest BCUT2D eigenvalue weighted by molar-refractivity contribution is 0.0651. The summed E-state index contributed by atoms with van der Waals surface area (Å²) >= 11 is 1.74. The van der Waals surface area contributed by atoms with Gasteiger partial charge in [0.15, 0.2) is 0 Å². The molecule has 164 valence electrons. The first-order chi connectivity index (χ1) is 15.6. The minimum Gasteiger partial charge on any atom is -0.339 e. The Morgan fingerprint density at radius 1 is 1.06 bits per heavy atom. The third kappa shape index (κ3) is 3.60. The van der Waals surface area contributed by atoms with E-state index in [9.17, 15) is 14.4 Å². The van der Waals surface area contributed by atoms with E-state index in [0.717, 1.165) is 36.2 Å². The van der Waals surface area contributed by atoms with Crippen LogP contribution in [0.3, 0.4) is 0 Å². The van der Waals surface area contributed by atoms with Crippen LogP contribution in [0.5, 0.6) is 0 Å². The monoisotopic (exact) mass is 447 g/mol. The summed E-state index contributed by atoms with van der Waals surface area (Å²) in [4.78, 5) is 46.3. The molecule has 2 aliphatic heterocycles. The number of aromatic nitrogens is 1. The molecule has 0 spiro atoms. The Balaban J connectivity index is 1.27. The van der Waals surface area contributed by atoms with Crippen molar-refractivity contribution in [2.24, 2.45) is 0 Å². The molecule has 5 rings (SSSR count). The number of hydrogen-bond donors (Lipinski definition) is 0. The van der Waals surface area contributed by atoms with E-state index in [-0.39, 0.29) is 17.7 Å². The lowest BCUT2D eigenvalue weighted by Gasteiger charge is -2.31. The molecule has 2 aromatic carbocycles. The highest BCUT2D eigenvalue weighted by atomic mass is 32.1. The third-order valence-corrected chi connectivity index (χ3v) is 7.59. The molecule has 0 atom stereocenters. The van der Waals surface area contributed by atoms with Crippen LogP contribution in [-0.2, 0) is 0 Å². The predicted octanol–water partition coefficient (Wildman–Crippen LogP) is 4.71. The van der Waals surface area contributed by atoms with Gasteiger partial charge in [-0.25, -0.2) is 4.98 Å². The van der Waals surface area contributed by atoms with Gasteiger partial charge >= 0.3 is 0 Å². The summed E-state index contributed by atoms with van der Waals surface area (Å²) in [6.45, 7) is 3.76. The van der Waals surface area contributed by atoms with Gasteiger partial charge in [-0.05, 0) is 49.6 Å². The van der Waals surface area contributed by atoms with Crippen LogP contribution in [0.1, 0.15) is 74.6 Å². The van der Waals surface area contributed by atoms with Crippen molar-refractivity contribution in [1.29, 1.82) is 0 Å². The molecular formula is C25H25N3O3S. The molecule has 3 heterocycles. The Labute approximate surface area is 190 Å². The van der Waals surface area contributed by atoms with E-state index < -0.39 is 0 Å². The van der Waals surface area contributed by atoms with E-state index in [1.165, 1.54) is 9.60 Å². The molecule has 0 radical (unpaired) electrons. The molecule has 32 heavy (non-hydrogen) atoms. The number of carbonyl (C=O) groups excluding carboxylic acids is 3. The number of unbranched alkanes of at least 4 members (excludes halogenated alkanes) is 1. The largest absolute Gasteiger partial charge is 0.339 e. The van der Waals surface area contributed by atoms with Gasteiger partial charge in [0, 0.05) is 31.1 Å². The first kappa shape index (κ1) is 20.8. The molecule has 0 N–H and O–H groups in total. The highest BCUT2D eigenvalue weighted by Crippen LogP contribution is 2.34. The minimum atomic E-state index is -0.289. The SMILES string of the molecule is CCCCN1C(=O)c2ccc(C(=O)N3CCC(c4nc5ccccc5s4)CC3)cc2C1=O. The summed E-state index contributed by atoms with van der Waals surface area (Å²) in [5.74, 6) is -0.262. The lowest BCUT2D eigenvalue weighted by atomic mass is 9.96. The van der Waals surface area contributed by atoms with Crippen molar-refractivity contribution in [3.05, 3.63) is 64.2 Å². The maximum absolute atomic E-state index is 13.1. The van der Waals surface area contributed by atoms with E-state index in [0.29, 0.717) is 42.2 Å². The van der Waals surface area contributed by atoms with Crippen LogP contribution >= 0.6 is 11.3 Å². The van der Waals surface area contributed by atoms with Crippen LogP contribution in [0, 0.1) is 0 Å². The van der Waals surface area contributed by atoms with Gasteiger partial charge < -0.3 is 4.90 Å². The second-order valence-electron chi connectivity index (χ2n) is 8.46. The molecule has 0 bridgehead atoms. The Hall–Kier alpha value is -3.06. The summed E-state index contributed by atoms with van der Waals surface area (Å²) in [5.41, 5.74) is 2.26. The van der Waals surface area contributed by atoms with Gasteiger partial charge in [-0.1, -0.05) is 25.5 Å². The number of amides is 3. The maximum Gasteiger partial charge on any atom is 0.261 e. The summed E-state index contributed by atoms with van der Waals surface area (Å²) in [7, 11) is 0. The number of fused-ring (bicyclic) bond motifs is 2. The van der Waals surface area contributed by atoms with Gasteiger partial charge in [0.1, 0.15) is 0 Å². The average Bonchev–Trinajstić information content (AvgIpc) is 3.36. The van der Waals surface area contributed by atoms with Crippen LogP contribution < -0.4 is 0 Å². The molecule has 6 nitrogen and oxygen atoms in total. The highest BCUT2D eigenvalue weighted by Gasteiger charge is 2.36. The van der Waals surface area contributed by atoms with Gasteiger partial charge in [-0.15, -0.1) is 11.3 Å². The molecule has 7 heteroatoms. The molecule has 0 unspecified atom stereocenters. The first-order valence-corrected chi connectivity index (χ1v) is 12.0. The van der Waals surface area contributed by atoms with Gasteiger partial charge in [-0.3, -0.25) is 19.3 Å². The fourth-order valence-electron chi connectivity index (χ4n) is 4.52. The topological polar surface area (TPSA) is 70.6 Å². The average molecular weight is 448 g/mol. The van der Waals surface area contributed by atoms with Crippen molar-refractivity contribution < 1.29 is 14.4 Å². The summed E-state index contributed by atoms with van der Waals surface area (Å²) in [6, 6.07) is 13.1. The molecule has 0 saturated carbocycles. The number of para-hydroxylation sites is 1. The second-order valence-corrected chi connectivity index (χ2v) is 9.52. The number of hydrogen-bond acceptors (Lipinski definition) is 5. The molecule has 2 aliphatic rings. The van der Waals surface area contributed by atoms with Gasteiger partial charge in [-0.2, -0.15) is 0 Å². The van der Waals surface area contributed by atoms with Gasteiger partial charge in [0.05, 0.1) is 26.4 Å². The number of piperidine rings is 1. The minimum absolute atomic E-state index is 0.0807. The smallest absolute Gasteiger partial charge is 0.261 e. The van der Waals surface area contributed by atoms with Crippen molar-refractivity contribution in [2.45, 2.75) is 38.5 Å². The van der Waals surface area contributed by atoms with E-state index in [1.54, 1.807) is 29.5 Å². The number of imide groups is 1. The quantitative estimate of drug-likeness (QED) is 0.531. The van der Waals surface area contributed by atoms with Crippen LogP contribution in [0.2, 0.25) is 0 Å². The Morgan fingerprint density at radius 3 is 2.56 bits per heavy atom. The van der Waals surface area contributed by atoms with Gasteiger partial charge in [0.2, 0.25) is 0 Å². The Morgan fingerprint density at radius 2 is 1.81 bits per heavy atom. The van der Waals surface area contributed by atoms with Crippen LogP contribution in [0.15, 0.2) is 42.5 Å². The Kier molecular flexibility index (Phi) is 5.51. The number of likely N-dealkylation sites (tertiary alicyclic amines) is 1. The molecule has 3 aromatic rings. The summed E-state index contributed by atoms with van der Waals surface area (Å²) in [6.07, 6.45) is 3.43. The van der Waals surface area contributed by atoms with Crippen molar-refractivity contribution in [1.82, 2.24) is 14.8 Å². The van der Waals surface area contributed by atoms with E-state index in [1.807, 2.05) is 30.0 Å². The van der Waals surface area contributed by atoms with Crippen molar-refractivity contribution in [2.75, 3.05) is 19.6 Å². The zero-order valence-electron chi connectivity index (χ0n) is 18.0. The Bertz CT molecular complexity index is 1180. The maximum atomic E-state index is 13.1. The fourth-order valence-corrected chi connectivity index (χ4v) is 5.66. The predicted molar refractivity (Wildman–Crippen MR) is 124 cm³/mol. The van der Waals surface area contributed by atoms with Crippen molar-refractivity contribution in [3.8, 4) is 0 Å². The fraction of sp³-hybridized carbons (Fsp3) is 0.360. The number of rotatable bonds is 5. The summed E-state index contributed by atoms with van der Waals surface area (Å²) < 4.78 is 1.20. The zero-order valence-corrected chi connectivity index (χ0v) is 18.9. The highest BCUT2D eigenvalue weighted by molar-refractivity contribution is 7.18. The van der Waals surface area contributed by atoms with E-state index in [2.05, 4.69) is 6.07 Å². The standard InChI is InChI=1S/C25H25N3O3S/c1-2-3-12-28-24(30)18-9-8-17(15-19(18)25(28)31)23(29)27-13-10-16(11-14-27)22-26-20-6-4-5-7-21(20)32-22/h4-9,15-16H,2-3,10-14H2,1H3. The van der Waals surface area contributed by atoms with Crippen LogP contribution in [0.25, 0.3) is 10.2 Å². The van der Waals surface area contributed by atoms with Crippen molar-refractivity contribution in [3.63, 3.8) is 0 Å². The zero-order chi connectivity index (χ0) is 22.2. The second kappa shape index (κ2) is 8.47. The molecular weight excluding hydrogens is 422 g/mol. The lowest BCUT2D eigenvalue weighted by Crippen LogP contribution is -2.38. The van der Waals surface area contributed by atoms with E-state index in [4.69, 9.17) is 4.98 Å². The van der Waals surface area contributed by atoms with Crippen molar-refractivity contribution >= 4 is 39.3 Å². The van der Waals surface area contributed by atoms with Gasteiger partial charge in [0.25, 0.3) is 17.7 Å². The first-order valence-electron chi connectivity index (χ1n) is 11.2. The number of thiazole rings is 1. The third-order valence-electron chi connectivity index (χ3n) is 6.39. The number of nitrogens with zero attached hydrogens (tertiary/aromatic N) is 3.